The Hall–Kier alpha value is -0.960. The maximum atomic E-state index is 13.7. The molecule has 0 radical (unpaired) electrons. The van der Waals surface area contributed by atoms with Gasteiger partial charge in [0.2, 0.25) is 0 Å². The highest BCUT2D eigenvalue weighted by atomic mass is 19.3. The zero-order valence-corrected chi connectivity index (χ0v) is 11.6. The van der Waals surface area contributed by atoms with Gasteiger partial charge in [0.1, 0.15) is 0 Å². The second-order valence-corrected chi connectivity index (χ2v) is 5.57. The lowest BCUT2D eigenvalue weighted by Crippen LogP contribution is -2.30. The number of piperidine rings is 1. The van der Waals surface area contributed by atoms with Gasteiger partial charge >= 0.3 is 0 Å². The lowest BCUT2D eigenvalue weighted by Gasteiger charge is -2.23. The van der Waals surface area contributed by atoms with Gasteiger partial charge in [-0.2, -0.15) is 0 Å². The Balaban J connectivity index is 1.97. The van der Waals surface area contributed by atoms with E-state index in [2.05, 4.69) is 5.32 Å². The molecule has 1 saturated heterocycles. The first-order valence-corrected chi connectivity index (χ1v) is 7.30. The molecule has 0 aliphatic carbocycles. The van der Waals surface area contributed by atoms with Crippen molar-refractivity contribution in [2.45, 2.75) is 45.0 Å². The molecule has 0 bridgehead atoms. The summed E-state index contributed by atoms with van der Waals surface area (Å²) in [4.78, 5) is 0. The maximum Gasteiger partial charge on any atom is 0.273 e. The molecule has 2 rings (SSSR count). The normalized spacial score (nSPS) is 20.5. The highest BCUT2D eigenvalue weighted by molar-refractivity contribution is 5.26. The molecule has 3 heteroatoms. The third-order valence-corrected chi connectivity index (χ3v) is 3.86. The molecule has 1 fully saturated rings. The molecule has 1 aromatic carbocycles. The molecular weight excluding hydrogens is 244 g/mol. The van der Waals surface area contributed by atoms with Crippen LogP contribution in [-0.2, 0) is 12.3 Å². The van der Waals surface area contributed by atoms with Crippen LogP contribution in [0.3, 0.4) is 0 Å². The van der Waals surface area contributed by atoms with Crippen LogP contribution in [0.5, 0.6) is 0 Å². The molecule has 1 atom stereocenters. The largest absolute Gasteiger partial charge is 0.316 e. The molecule has 1 aliphatic heterocycles. The standard InChI is InChI=1S/C16H23F2N/c1-2-9-16(17,18)15-7-5-13(6-8-15)11-14-4-3-10-19-12-14/h5-8,14,19H,2-4,9-12H2,1H3. The number of nitrogens with one attached hydrogen (secondary N) is 1. The van der Waals surface area contributed by atoms with Crippen LogP contribution >= 0.6 is 0 Å². The van der Waals surface area contributed by atoms with Gasteiger partial charge in [0, 0.05) is 12.0 Å². The summed E-state index contributed by atoms with van der Waals surface area (Å²) < 4.78 is 27.5. The van der Waals surface area contributed by atoms with Gasteiger partial charge in [0.25, 0.3) is 5.92 Å². The first kappa shape index (κ1) is 14.4. The van der Waals surface area contributed by atoms with Crippen molar-refractivity contribution in [3.8, 4) is 0 Å². The molecule has 19 heavy (non-hydrogen) atoms. The van der Waals surface area contributed by atoms with Crippen LogP contribution in [0.1, 0.15) is 43.7 Å². The molecule has 0 saturated carbocycles. The van der Waals surface area contributed by atoms with Gasteiger partial charge in [-0.3, -0.25) is 0 Å². The number of alkyl halides is 2. The topological polar surface area (TPSA) is 12.0 Å². The summed E-state index contributed by atoms with van der Waals surface area (Å²) in [6, 6.07) is 6.93. The van der Waals surface area contributed by atoms with Crippen LogP contribution in [0.15, 0.2) is 24.3 Å². The summed E-state index contributed by atoms with van der Waals surface area (Å²) in [6.07, 6.45) is 3.88. The molecule has 1 aliphatic rings. The number of hydrogen-bond donors (Lipinski definition) is 1. The monoisotopic (exact) mass is 267 g/mol. The number of benzene rings is 1. The third-order valence-electron chi connectivity index (χ3n) is 3.86. The van der Waals surface area contributed by atoms with Crippen molar-refractivity contribution in [2.75, 3.05) is 13.1 Å². The fourth-order valence-electron chi connectivity index (χ4n) is 2.77. The second kappa shape index (κ2) is 6.47. The van der Waals surface area contributed by atoms with E-state index in [-0.39, 0.29) is 12.0 Å². The van der Waals surface area contributed by atoms with Gasteiger partial charge in [0.05, 0.1) is 0 Å². The minimum Gasteiger partial charge on any atom is -0.316 e. The average Bonchev–Trinajstić information content (AvgIpc) is 2.40. The molecule has 1 nitrogen and oxygen atoms in total. The fraction of sp³-hybridized carbons (Fsp3) is 0.625. The Morgan fingerprint density at radius 2 is 2.00 bits per heavy atom. The minimum atomic E-state index is -2.68. The lowest BCUT2D eigenvalue weighted by atomic mass is 9.91. The molecule has 1 aromatic rings. The number of hydrogen-bond acceptors (Lipinski definition) is 1. The third kappa shape index (κ3) is 4.00. The highest BCUT2D eigenvalue weighted by Crippen LogP contribution is 2.33. The zero-order chi connectivity index (χ0) is 13.7. The minimum absolute atomic E-state index is 0.0705. The summed E-state index contributed by atoms with van der Waals surface area (Å²) in [5.74, 6) is -2.03. The van der Waals surface area contributed by atoms with E-state index in [1.54, 1.807) is 19.1 Å². The van der Waals surface area contributed by atoms with Gasteiger partial charge in [-0.1, -0.05) is 37.6 Å². The van der Waals surface area contributed by atoms with Crippen LogP contribution < -0.4 is 5.32 Å². The van der Waals surface area contributed by atoms with Crippen molar-refractivity contribution in [2.24, 2.45) is 5.92 Å². The van der Waals surface area contributed by atoms with Crippen LogP contribution in [-0.4, -0.2) is 13.1 Å². The van der Waals surface area contributed by atoms with Gasteiger partial charge in [-0.05, 0) is 43.8 Å². The average molecular weight is 267 g/mol. The molecule has 1 unspecified atom stereocenters. The first-order valence-electron chi connectivity index (χ1n) is 7.30. The van der Waals surface area contributed by atoms with E-state index in [0.29, 0.717) is 12.3 Å². The quantitative estimate of drug-likeness (QED) is 0.846. The van der Waals surface area contributed by atoms with Crippen molar-refractivity contribution in [3.63, 3.8) is 0 Å². The Morgan fingerprint density at radius 1 is 1.26 bits per heavy atom. The number of rotatable bonds is 5. The van der Waals surface area contributed by atoms with Crippen LogP contribution in [0, 0.1) is 5.92 Å². The molecule has 0 spiro atoms. The van der Waals surface area contributed by atoms with E-state index in [1.807, 2.05) is 12.1 Å². The van der Waals surface area contributed by atoms with Gasteiger partial charge in [-0.25, -0.2) is 8.78 Å². The first-order chi connectivity index (χ1) is 9.12. The van der Waals surface area contributed by atoms with E-state index in [4.69, 9.17) is 0 Å². The summed E-state index contributed by atoms with van der Waals surface area (Å²) in [5.41, 5.74) is 1.32. The molecule has 1 heterocycles. The SMILES string of the molecule is CCCC(F)(F)c1ccc(CC2CCCNC2)cc1. The van der Waals surface area contributed by atoms with E-state index in [0.717, 1.165) is 19.5 Å². The Bertz CT molecular complexity index is 380. The Morgan fingerprint density at radius 3 is 2.58 bits per heavy atom. The van der Waals surface area contributed by atoms with Gasteiger partial charge in [0.15, 0.2) is 0 Å². The van der Waals surface area contributed by atoms with Crippen molar-refractivity contribution in [1.29, 1.82) is 0 Å². The second-order valence-electron chi connectivity index (χ2n) is 5.57. The summed E-state index contributed by atoms with van der Waals surface area (Å²) >= 11 is 0. The predicted molar refractivity (Wildman–Crippen MR) is 74.5 cm³/mol. The zero-order valence-electron chi connectivity index (χ0n) is 11.6. The number of halogens is 2. The lowest BCUT2D eigenvalue weighted by molar-refractivity contribution is -0.0140. The van der Waals surface area contributed by atoms with E-state index in [1.165, 1.54) is 18.4 Å². The molecule has 1 N–H and O–H groups in total. The summed E-state index contributed by atoms with van der Waals surface area (Å²) in [7, 11) is 0. The van der Waals surface area contributed by atoms with Gasteiger partial charge < -0.3 is 5.32 Å². The van der Waals surface area contributed by atoms with Crippen LogP contribution in [0.2, 0.25) is 0 Å². The Kier molecular flexibility index (Phi) is 4.92. The summed E-state index contributed by atoms with van der Waals surface area (Å²) in [6.45, 7) is 3.95. The van der Waals surface area contributed by atoms with Crippen LogP contribution in [0.4, 0.5) is 8.78 Å². The molecule has 0 amide bonds. The van der Waals surface area contributed by atoms with Crippen molar-refractivity contribution in [1.82, 2.24) is 5.32 Å². The van der Waals surface area contributed by atoms with Gasteiger partial charge in [-0.15, -0.1) is 0 Å². The predicted octanol–water partition coefficient (Wildman–Crippen LogP) is 4.12. The smallest absolute Gasteiger partial charge is 0.273 e. The Labute approximate surface area is 114 Å². The van der Waals surface area contributed by atoms with Crippen molar-refractivity contribution < 1.29 is 8.78 Å². The molecule has 106 valence electrons. The molecular formula is C16H23F2N. The van der Waals surface area contributed by atoms with E-state index >= 15 is 0 Å². The van der Waals surface area contributed by atoms with Crippen LogP contribution in [0.25, 0.3) is 0 Å². The summed E-state index contributed by atoms with van der Waals surface area (Å²) in [5, 5.41) is 3.39. The van der Waals surface area contributed by atoms with Crippen molar-refractivity contribution in [3.05, 3.63) is 35.4 Å². The molecule has 0 aromatic heterocycles. The van der Waals surface area contributed by atoms with Crippen molar-refractivity contribution >= 4 is 0 Å². The van der Waals surface area contributed by atoms with E-state index < -0.39 is 5.92 Å². The van der Waals surface area contributed by atoms with E-state index in [9.17, 15) is 8.78 Å². The highest BCUT2D eigenvalue weighted by Gasteiger charge is 2.29. The fourth-order valence-corrected chi connectivity index (χ4v) is 2.77. The maximum absolute atomic E-state index is 13.7.